The van der Waals surface area contributed by atoms with Gasteiger partial charge in [0.15, 0.2) is 0 Å². The number of amides is 3. The lowest BCUT2D eigenvalue weighted by atomic mass is 9.99. The maximum Gasteiger partial charge on any atom is 0.327 e. The summed E-state index contributed by atoms with van der Waals surface area (Å²) in [5, 5.41) is 24.6. The monoisotopic (exact) mass is 391 g/mol. The Hall–Kier alpha value is -3.02. The minimum atomic E-state index is -0.481. The third-order valence-corrected chi connectivity index (χ3v) is 5.31. The molecule has 0 bridgehead atoms. The molecule has 1 aromatic carbocycles. The molecule has 0 aliphatic carbocycles. The maximum atomic E-state index is 12.7. The van der Waals surface area contributed by atoms with Crippen LogP contribution in [0.5, 0.6) is 0 Å². The van der Waals surface area contributed by atoms with Gasteiger partial charge in [-0.25, -0.2) is 4.79 Å². The first-order valence-corrected chi connectivity index (χ1v) is 8.95. The Kier molecular flexibility index (Phi) is 5.35. The molecule has 0 spiro atoms. The lowest BCUT2D eigenvalue weighted by Gasteiger charge is -2.43. The van der Waals surface area contributed by atoms with Crippen LogP contribution in [0.25, 0.3) is 0 Å². The number of imide groups is 1. The molecule has 2 heterocycles. The number of hydrogen-bond acceptors (Lipinski definition) is 8. The third-order valence-electron chi connectivity index (χ3n) is 4.24. The van der Waals surface area contributed by atoms with Gasteiger partial charge in [-0.2, -0.15) is 5.21 Å². The van der Waals surface area contributed by atoms with Gasteiger partial charge >= 0.3 is 6.03 Å². The first kappa shape index (κ1) is 18.8. The van der Waals surface area contributed by atoms with Gasteiger partial charge in [-0.1, -0.05) is 30.8 Å². The summed E-state index contributed by atoms with van der Waals surface area (Å²) < 4.78 is 0. The summed E-state index contributed by atoms with van der Waals surface area (Å²) in [5.41, 5.74) is 0.716. The number of aromatic nitrogens is 4. The highest BCUT2D eigenvalue weighted by Gasteiger charge is 2.45. The normalized spacial score (nSPS) is 17.3. The summed E-state index contributed by atoms with van der Waals surface area (Å²) in [4.78, 5) is 37.6. The van der Waals surface area contributed by atoms with Gasteiger partial charge in [-0.05, 0) is 10.8 Å². The molecule has 1 saturated heterocycles. The van der Waals surface area contributed by atoms with Gasteiger partial charge in [0.2, 0.25) is 11.1 Å². The fraction of sp³-hybridized carbons (Fsp3) is 0.400. The van der Waals surface area contributed by atoms with E-state index in [1.165, 1.54) is 33.7 Å². The number of carbonyl (C=O) groups excluding carboxylic acids is 2. The number of hydrogen-bond donors (Lipinski definition) is 1. The van der Waals surface area contributed by atoms with E-state index in [1.54, 1.807) is 19.2 Å². The Balaban J connectivity index is 1.62. The molecule has 2 atom stereocenters. The number of nitrogens with one attached hydrogen (secondary N) is 1. The van der Waals surface area contributed by atoms with Gasteiger partial charge in [-0.3, -0.25) is 19.8 Å². The molecule has 1 aromatic heterocycles. The van der Waals surface area contributed by atoms with Crippen molar-refractivity contribution in [1.82, 2.24) is 30.4 Å². The van der Waals surface area contributed by atoms with Gasteiger partial charge in [0, 0.05) is 37.4 Å². The summed E-state index contributed by atoms with van der Waals surface area (Å²) in [6, 6.07) is 5.28. The van der Waals surface area contributed by atoms with Crippen LogP contribution in [-0.4, -0.2) is 65.6 Å². The number of tetrazole rings is 1. The highest BCUT2D eigenvalue weighted by molar-refractivity contribution is 7.99. The second-order valence-corrected chi connectivity index (χ2v) is 7.46. The van der Waals surface area contributed by atoms with Crippen molar-refractivity contribution in [2.75, 3.05) is 7.05 Å². The van der Waals surface area contributed by atoms with Crippen LogP contribution in [0.1, 0.15) is 18.9 Å². The van der Waals surface area contributed by atoms with Crippen molar-refractivity contribution < 1.29 is 14.5 Å². The second-order valence-electron chi connectivity index (χ2n) is 6.11. The van der Waals surface area contributed by atoms with Crippen LogP contribution < -0.4 is 0 Å². The van der Waals surface area contributed by atoms with Gasteiger partial charge in [-0.15, -0.1) is 10.2 Å². The number of non-ortho nitro benzene ring substituents is 1. The van der Waals surface area contributed by atoms with Gasteiger partial charge in [0.1, 0.15) is 0 Å². The quantitative estimate of drug-likeness (QED) is 0.338. The van der Waals surface area contributed by atoms with Crippen molar-refractivity contribution in [3.8, 4) is 0 Å². The Morgan fingerprint density at radius 1 is 1.48 bits per heavy atom. The molecule has 1 N–H and O–H groups in total. The molecular weight excluding hydrogens is 374 g/mol. The van der Waals surface area contributed by atoms with E-state index >= 15 is 0 Å². The fourth-order valence-corrected chi connectivity index (χ4v) is 3.65. The summed E-state index contributed by atoms with van der Waals surface area (Å²) in [5.74, 6) is -0.235. The zero-order valence-electron chi connectivity index (χ0n) is 14.6. The second kappa shape index (κ2) is 7.70. The van der Waals surface area contributed by atoms with Crippen molar-refractivity contribution in [2.45, 2.75) is 36.3 Å². The number of benzene rings is 1. The molecule has 3 rings (SSSR count). The van der Waals surface area contributed by atoms with E-state index in [4.69, 9.17) is 0 Å². The lowest BCUT2D eigenvalue weighted by Crippen LogP contribution is -2.61. The van der Waals surface area contributed by atoms with E-state index in [0.29, 0.717) is 5.16 Å². The highest BCUT2D eigenvalue weighted by atomic mass is 32.2. The van der Waals surface area contributed by atoms with Crippen LogP contribution in [0.15, 0.2) is 29.4 Å². The molecule has 1 aliphatic heterocycles. The van der Waals surface area contributed by atoms with Crippen molar-refractivity contribution in [3.05, 3.63) is 39.9 Å². The van der Waals surface area contributed by atoms with Crippen LogP contribution in [0.4, 0.5) is 10.5 Å². The van der Waals surface area contributed by atoms with Crippen molar-refractivity contribution in [2.24, 2.45) is 0 Å². The molecule has 142 valence electrons. The molecule has 0 radical (unpaired) electrons. The van der Waals surface area contributed by atoms with Crippen molar-refractivity contribution in [3.63, 3.8) is 0 Å². The number of carbonyl (C=O) groups is 2. The van der Waals surface area contributed by atoms with Crippen molar-refractivity contribution in [1.29, 1.82) is 0 Å². The predicted octanol–water partition coefficient (Wildman–Crippen LogP) is 1.44. The molecule has 12 heteroatoms. The first-order valence-electron chi connectivity index (χ1n) is 8.07. The largest absolute Gasteiger partial charge is 0.327 e. The minimum absolute atomic E-state index is 0.0157. The molecule has 1 unspecified atom stereocenters. The predicted molar refractivity (Wildman–Crippen MR) is 94.7 cm³/mol. The van der Waals surface area contributed by atoms with Gasteiger partial charge < -0.3 is 4.90 Å². The van der Waals surface area contributed by atoms with Crippen LogP contribution in [0.2, 0.25) is 0 Å². The molecule has 3 amide bonds. The Bertz CT molecular complexity index is 842. The Morgan fingerprint density at radius 3 is 2.74 bits per heavy atom. The lowest BCUT2D eigenvalue weighted by molar-refractivity contribution is -0.384. The first-order chi connectivity index (χ1) is 12.9. The number of thioether (sulfide) groups is 1. The number of likely N-dealkylation sites (tertiary alicyclic amines) is 1. The average molecular weight is 391 g/mol. The molecule has 11 nitrogen and oxygen atoms in total. The van der Waals surface area contributed by atoms with Gasteiger partial charge in [0.05, 0.1) is 11.0 Å². The number of nitro benzene ring substituents is 1. The number of nitrogens with zero attached hydrogens (tertiary/aromatic N) is 6. The van der Waals surface area contributed by atoms with E-state index in [0.717, 1.165) is 5.56 Å². The maximum absolute atomic E-state index is 12.7. The Morgan fingerprint density at radius 2 is 2.19 bits per heavy atom. The summed E-state index contributed by atoms with van der Waals surface area (Å²) in [7, 11) is 1.59. The van der Waals surface area contributed by atoms with Crippen LogP contribution >= 0.6 is 11.8 Å². The Labute approximate surface area is 158 Å². The number of urea groups is 1. The molecule has 2 aromatic rings. The van der Waals surface area contributed by atoms with Crippen LogP contribution in [0.3, 0.4) is 0 Å². The highest BCUT2D eigenvalue weighted by Crippen LogP contribution is 2.32. The molecule has 1 fully saturated rings. The topological polar surface area (TPSA) is 138 Å². The smallest absolute Gasteiger partial charge is 0.323 e. The molecule has 27 heavy (non-hydrogen) atoms. The zero-order chi connectivity index (χ0) is 19.6. The number of β-lactam (4-membered cyclic amide) rings is 1. The SMILES string of the molecule is CC(Sc1nn[nH]n1)[C@H]1CC(=O)N1C(=O)N(C)Cc1ccc([N+](=O)[O-])cc1. The summed E-state index contributed by atoms with van der Waals surface area (Å²) >= 11 is 1.33. The molecule has 1 aliphatic rings. The number of aromatic amines is 1. The van der Waals surface area contributed by atoms with E-state index in [1.807, 2.05) is 6.92 Å². The van der Waals surface area contributed by atoms with Crippen LogP contribution in [0, 0.1) is 10.1 Å². The fourth-order valence-electron chi connectivity index (χ4n) is 2.76. The number of nitro groups is 1. The van der Waals surface area contributed by atoms with E-state index in [-0.39, 0.29) is 35.9 Å². The number of rotatable bonds is 6. The summed E-state index contributed by atoms with van der Waals surface area (Å²) in [6.45, 7) is 2.13. The summed E-state index contributed by atoms with van der Waals surface area (Å²) in [6.07, 6.45) is 0.281. The van der Waals surface area contributed by atoms with Gasteiger partial charge in [0.25, 0.3) is 5.69 Å². The molecular formula is C15H17N7O4S. The average Bonchev–Trinajstić information content (AvgIpc) is 3.12. The molecule has 0 saturated carbocycles. The van der Waals surface area contributed by atoms with E-state index in [2.05, 4.69) is 20.6 Å². The number of H-pyrrole nitrogens is 1. The minimum Gasteiger partial charge on any atom is -0.323 e. The van der Waals surface area contributed by atoms with E-state index < -0.39 is 11.0 Å². The standard InChI is InChI=1S/C15H17N7O4S/c1-9(27-14-16-18-19-17-14)12-7-13(23)21(12)15(24)20(2)8-10-3-5-11(6-4-10)22(25)26/h3-6,9,12H,7-8H2,1-2H3,(H,16,17,18,19)/t9?,12-/m1/s1. The van der Waals surface area contributed by atoms with Crippen LogP contribution in [-0.2, 0) is 11.3 Å². The van der Waals surface area contributed by atoms with Crippen molar-refractivity contribution >= 4 is 29.4 Å². The van der Waals surface area contributed by atoms with E-state index in [9.17, 15) is 19.7 Å². The third kappa shape index (κ3) is 4.05. The zero-order valence-corrected chi connectivity index (χ0v) is 15.4.